The minimum Gasteiger partial charge on any atom is -0.308 e. The number of hydrogen-bond acceptors (Lipinski definition) is 5. The normalized spacial score (nSPS) is 19.4. The number of benzene rings is 2. The Morgan fingerprint density at radius 3 is 2.76 bits per heavy atom. The molecular formula is C30H30ClN3O2S2. The van der Waals surface area contributed by atoms with Crippen LogP contribution < -0.4 is 10.5 Å². The van der Waals surface area contributed by atoms with Gasteiger partial charge in [-0.25, -0.2) is 4.98 Å². The summed E-state index contributed by atoms with van der Waals surface area (Å²) in [6.45, 7) is 8.20. The van der Waals surface area contributed by atoms with E-state index in [-0.39, 0.29) is 17.5 Å². The van der Waals surface area contributed by atoms with Crippen LogP contribution in [0.5, 0.6) is 0 Å². The average Bonchev–Trinajstić information content (AvgIpc) is 3.41. The summed E-state index contributed by atoms with van der Waals surface area (Å²) in [4.78, 5) is 36.9. The van der Waals surface area contributed by atoms with Crippen LogP contribution in [0.1, 0.15) is 48.8 Å². The molecule has 2 aromatic heterocycles. The van der Waals surface area contributed by atoms with Gasteiger partial charge in [0.05, 0.1) is 16.3 Å². The minimum absolute atomic E-state index is 0.0228. The fourth-order valence-corrected chi connectivity index (χ4v) is 8.28. The third kappa shape index (κ3) is 4.29. The quantitative estimate of drug-likeness (QED) is 0.198. The number of fused-ring (bicyclic) bond motifs is 4. The second-order valence-electron chi connectivity index (χ2n) is 10.7. The molecule has 0 saturated carbocycles. The zero-order valence-electron chi connectivity index (χ0n) is 22.0. The van der Waals surface area contributed by atoms with Crippen molar-refractivity contribution in [3.05, 3.63) is 79.4 Å². The van der Waals surface area contributed by atoms with E-state index in [1.165, 1.54) is 22.2 Å². The Hall–Kier alpha value is -2.61. The van der Waals surface area contributed by atoms with Gasteiger partial charge in [0.15, 0.2) is 5.16 Å². The number of halogens is 1. The lowest BCUT2D eigenvalue weighted by Gasteiger charge is -2.26. The Bertz CT molecular complexity index is 1640. The van der Waals surface area contributed by atoms with Crippen molar-refractivity contribution in [1.82, 2.24) is 9.55 Å². The van der Waals surface area contributed by atoms with Crippen molar-refractivity contribution in [3.63, 3.8) is 0 Å². The van der Waals surface area contributed by atoms with E-state index in [4.69, 9.17) is 16.6 Å². The number of anilines is 1. The van der Waals surface area contributed by atoms with Crippen molar-refractivity contribution in [2.24, 2.45) is 5.92 Å². The molecule has 1 aliphatic heterocycles. The number of rotatable bonds is 4. The molecular weight excluding hydrogens is 534 g/mol. The largest absolute Gasteiger partial charge is 0.308 e. The van der Waals surface area contributed by atoms with E-state index in [1.807, 2.05) is 55.1 Å². The molecule has 3 heterocycles. The number of nitrogens with zero attached hydrogens (tertiary/aromatic N) is 3. The van der Waals surface area contributed by atoms with Crippen LogP contribution in [-0.4, -0.2) is 26.8 Å². The van der Waals surface area contributed by atoms with Crippen LogP contribution in [0.4, 0.5) is 5.69 Å². The Morgan fingerprint density at radius 1 is 1.18 bits per heavy atom. The fourth-order valence-electron chi connectivity index (χ4n) is 5.70. The van der Waals surface area contributed by atoms with E-state index in [0.717, 1.165) is 52.7 Å². The summed E-state index contributed by atoms with van der Waals surface area (Å²) >= 11 is 9.48. The SMILES string of the molecule is Cc1ccc(-n2c(S[C@@H](C)C(=O)N3c4ccccc4C[C@@H]3C)nc3sc4c(c3c2=O)CC[C@@H](C)C4)cc1Cl. The predicted octanol–water partition coefficient (Wildman–Crippen LogP) is 6.99. The molecule has 0 N–H and O–H groups in total. The summed E-state index contributed by atoms with van der Waals surface area (Å²) in [6.07, 6.45) is 3.80. The molecule has 3 atom stereocenters. The third-order valence-electron chi connectivity index (χ3n) is 7.79. The Balaban J connectivity index is 1.45. The van der Waals surface area contributed by atoms with Gasteiger partial charge in [0.2, 0.25) is 5.91 Å². The molecule has 0 radical (unpaired) electrons. The zero-order valence-corrected chi connectivity index (χ0v) is 24.3. The molecule has 1 aliphatic carbocycles. The molecule has 2 aromatic carbocycles. The van der Waals surface area contributed by atoms with Crippen LogP contribution in [0.15, 0.2) is 52.4 Å². The van der Waals surface area contributed by atoms with Crippen LogP contribution in [0.3, 0.4) is 0 Å². The molecule has 0 bridgehead atoms. The van der Waals surface area contributed by atoms with Crippen LogP contribution >= 0.6 is 34.7 Å². The topological polar surface area (TPSA) is 55.2 Å². The molecule has 0 spiro atoms. The summed E-state index contributed by atoms with van der Waals surface area (Å²) in [5, 5.41) is 1.40. The van der Waals surface area contributed by atoms with Gasteiger partial charge in [-0.2, -0.15) is 0 Å². The van der Waals surface area contributed by atoms with Gasteiger partial charge in [0, 0.05) is 21.6 Å². The maximum Gasteiger partial charge on any atom is 0.267 e. The Kier molecular flexibility index (Phi) is 6.65. The number of thiophene rings is 1. The summed E-state index contributed by atoms with van der Waals surface area (Å²) in [6, 6.07) is 13.8. The number of carbonyl (C=O) groups excluding carboxylic acids is 1. The van der Waals surface area contributed by atoms with Gasteiger partial charge in [-0.15, -0.1) is 11.3 Å². The van der Waals surface area contributed by atoms with Crippen LogP contribution in [0.2, 0.25) is 5.02 Å². The summed E-state index contributed by atoms with van der Waals surface area (Å²) < 4.78 is 1.66. The van der Waals surface area contributed by atoms with E-state index in [0.29, 0.717) is 21.8 Å². The van der Waals surface area contributed by atoms with E-state index in [2.05, 4.69) is 19.9 Å². The van der Waals surface area contributed by atoms with Crippen LogP contribution in [0.25, 0.3) is 15.9 Å². The molecule has 38 heavy (non-hydrogen) atoms. The standard InChI is InChI=1S/C30H30ClN3O2S2/c1-16-9-12-22-25(13-16)38-27-26(22)29(36)34(21-11-10-17(2)23(31)15-21)30(32-27)37-19(4)28(35)33-18(3)14-20-7-5-6-8-24(20)33/h5-8,10-11,15-16,18-19H,9,12-14H2,1-4H3/t16-,18+,19+/m1/s1. The molecule has 1 amide bonds. The number of amides is 1. The van der Waals surface area contributed by atoms with E-state index < -0.39 is 5.25 Å². The number of hydrogen-bond donors (Lipinski definition) is 0. The van der Waals surface area contributed by atoms with Gasteiger partial charge in [0.1, 0.15) is 4.83 Å². The lowest BCUT2D eigenvalue weighted by molar-refractivity contribution is -0.118. The van der Waals surface area contributed by atoms with Crippen molar-refractivity contribution < 1.29 is 4.79 Å². The van der Waals surface area contributed by atoms with E-state index in [1.54, 1.807) is 15.9 Å². The summed E-state index contributed by atoms with van der Waals surface area (Å²) in [5.41, 5.74) is 4.85. The van der Waals surface area contributed by atoms with Crippen molar-refractivity contribution in [2.45, 2.75) is 69.8 Å². The monoisotopic (exact) mass is 563 g/mol. The van der Waals surface area contributed by atoms with E-state index in [9.17, 15) is 9.59 Å². The van der Waals surface area contributed by atoms with E-state index >= 15 is 0 Å². The first-order valence-electron chi connectivity index (χ1n) is 13.1. The van der Waals surface area contributed by atoms with Gasteiger partial charge in [0.25, 0.3) is 5.56 Å². The van der Waals surface area contributed by atoms with Crippen molar-refractivity contribution in [2.75, 3.05) is 4.90 Å². The molecule has 0 fully saturated rings. The predicted molar refractivity (Wildman–Crippen MR) is 159 cm³/mol. The number of carbonyl (C=O) groups is 1. The second kappa shape index (κ2) is 9.85. The first-order chi connectivity index (χ1) is 18.2. The van der Waals surface area contributed by atoms with Gasteiger partial charge in [-0.3, -0.25) is 14.2 Å². The first kappa shape index (κ1) is 25.7. The van der Waals surface area contributed by atoms with Gasteiger partial charge in [-0.05, 0) is 87.3 Å². The molecule has 2 aliphatic rings. The van der Waals surface area contributed by atoms with Crippen LogP contribution in [-0.2, 0) is 24.1 Å². The molecule has 0 unspecified atom stereocenters. The number of aryl methyl sites for hydroxylation is 2. The molecule has 6 rings (SSSR count). The highest BCUT2D eigenvalue weighted by Crippen LogP contribution is 2.39. The highest BCUT2D eigenvalue weighted by molar-refractivity contribution is 8.00. The number of aromatic nitrogens is 2. The smallest absolute Gasteiger partial charge is 0.267 e. The lowest BCUT2D eigenvalue weighted by atomic mass is 9.89. The summed E-state index contributed by atoms with van der Waals surface area (Å²) in [5.74, 6) is 0.625. The van der Waals surface area contributed by atoms with Gasteiger partial charge < -0.3 is 4.90 Å². The Morgan fingerprint density at radius 2 is 1.97 bits per heavy atom. The van der Waals surface area contributed by atoms with Crippen molar-refractivity contribution >= 4 is 56.5 Å². The first-order valence-corrected chi connectivity index (χ1v) is 15.2. The summed E-state index contributed by atoms with van der Waals surface area (Å²) in [7, 11) is 0. The maximum atomic E-state index is 14.2. The highest BCUT2D eigenvalue weighted by atomic mass is 35.5. The maximum absolute atomic E-state index is 14.2. The lowest BCUT2D eigenvalue weighted by Crippen LogP contribution is -2.40. The molecule has 4 aromatic rings. The minimum atomic E-state index is -0.435. The van der Waals surface area contributed by atoms with Crippen molar-refractivity contribution in [3.8, 4) is 5.69 Å². The molecule has 8 heteroatoms. The highest BCUT2D eigenvalue weighted by Gasteiger charge is 2.34. The van der Waals surface area contributed by atoms with Crippen LogP contribution in [0, 0.1) is 12.8 Å². The Labute approximate surface area is 235 Å². The average molecular weight is 564 g/mol. The zero-order chi connectivity index (χ0) is 26.7. The van der Waals surface area contributed by atoms with Gasteiger partial charge >= 0.3 is 0 Å². The number of para-hydroxylation sites is 1. The number of thioether (sulfide) groups is 1. The molecule has 5 nitrogen and oxygen atoms in total. The molecule has 196 valence electrons. The third-order valence-corrected chi connectivity index (χ3v) is 10.4. The van der Waals surface area contributed by atoms with Gasteiger partial charge in [-0.1, -0.05) is 54.6 Å². The fraction of sp³-hybridized carbons (Fsp3) is 0.367. The van der Waals surface area contributed by atoms with Crippen molar-refractivity contribution in [1.29, 1.82) is 0 Å². The molecule has 0 saturated heterocycles. The second-order valence-corrected chi connectivity index (χ2v) is 13.4.